The molecule has 0 amide bonds. The van der Waals surface area contributed by atoms with Crippen LogP contribution in [0.1, 0.15) is 19.8 Å². The van der Waals surface area contributed by atoms with E-state index in [1.54, 1.807) is 6.20 Å². The van der Waals surface area contributed by atoms with Gasteiger partial charge in [0.25, 0.3) is 0 Å². The van der Waals surface area contributed by atoms with Gasteiger partial charge in [-0.15, -0.1) is 0 Å². The molecule has 3 aliphatic heterocycles. The van der Waals surface area contributed by atoms with E-state index in [9.17, 15) is 0 Å². The number of halogens is 2. The van der Waals surface area contributed by atoms with Crippen molar-refractivity contribution in [1.82, 2.24) is 20.3 Å². The Balaban J connectivity index is 1.42. The number of piperazine rings is 1. The summed E-state index contributed by atoms with van der Waals surface area (Å²) in [7, 11) is 0. The third-order valence-corrected chi connectivity index (χ3v) is 7.98. The summed E-state index contributed by atoms with van der Waals surface area (Å²) in [4.78, 5) is 18.6. The maximum Gasteiger partial charge on any atom is 0.228 e. The monoisotopic (exact) mass is 503 g/mol. The molecule has 3 N–H and O–H groups in total. The van der Waals surface area contributed by atoms with Crippen LogP contribution in [0.25, 0.3) is 32.9 Å². The lowest BCUT2D eigenvalue weighted by Gasteiger charge is -2.45. The number of fused-ring (bicyclic) bond motifs is 4. The number of hydrogen-bond acceptors (Lipinski definition) is 7. The van der Waals surface area contributed by atoms with Gasteiger partial charge in [0, 0.05) is 66.0 Å². The van der Waals surface area contributed by atoms with Crippen LogP contribution in [0.15, 0.2) is 42.6 Å². The molecule has 9 heteroatoms. The van der Waals surface area contributed by atoms with Crippen LogP contribution < -0.4 is 20.9 Å². The average Bonchev–Trinajstić information content (AvgIpc) is 3.19. The third kappa shape index (κ3) is 3.50. The van der Waals surface area contributed by atoms with Crippen molar-refractivity contribution in [1.29, 1.82) is 0 Å². The first-order chi connectivity index (χ1) is 17.4. The zero-order valence-electron chi connectivity index (χ0n) is 20.0. The molecule has 184 valence electrons. The highest BCUT2D eigenvalue weighted by atomic mass is 35.5. The molecule has 3 aliphatic rings. The lowest BCUT2D eigenvalue weighted by molar-refractivity contribution is 0.360. The molecule has 2 unspecified atom stereocenters. The lowest BCUT2D eigenvalue weighted by atomic mass is 9.94. The van der Waals surface area contributed by atoms with Crippen molar-refractivity contribution >= 4 is 45.0 Å². The van der Waals surface area contributed by atoms with Crippen molar-refractivity contribution in [3.8, 4) is 11.3 Å². The quantitative estimate of drug-likeness (QED) is 0.435. The lowest BCUT2D eigenvalue weighted by Crippen LogP contribution is -2.66. The van der Waals surface area contributed by atoms with E-state index in [2.05, 4.69) is 15.2 Å². The number of benzene rings is 2. The molecule has 5 heterocycles. The number of aromatic nitrogens is 3. The summed E-state index contributed by atoms with van der Waals surface area (Å²) in [5.41, 5.74) is 7.14. The molecule has 0 spiro atoms. The second-order valence-corrected chi connectivity index (χ2v) is 11.1. The molecule has 0 aliphatic carbocycles. The van der Waals surface area contributed by atoms with Gasteiger partial charge in [0.1, 0.15) is 17.0 Å². The number of nitrogens with zero attached hydrogens (tertiary/aromatic N) is 5. The van der Waals surface area contributed by atoms with Gasteiger partial charge in [-0.3, -0.25) is 4.98 Å². The van der Waals surface area contributed by atoms with E-state index in [4.69, 9.17) is 27.3 Å². The first-order valence-corrected chi connectivity index (χ1v) is 12.8. The van der Waals surface area contributed by atoms with Crippen LogP contribution in [0.3, 0.4) is 0 Å². The highest BCUT2D eigenvalue weighted by Crippen LogP contribution is 2.38. The summed E-state index contributed by atoms with van der Waals surface area (Å²) in [6.07, 6.45) is 4.01. The van der Waals surface area contributed by atoms with E-state index >= 15 is 4.39 Å². The number of pyridine rings is 1. The van der Waals surface area contributed by atoms with E-state index in [-0.39, 0.29) is 16.7 Å². The van der Waals surface area contributed by atoms with Gasteiger partial charge in [0.05, 0.1) is 5.39 Å². The fourth-order valence-electron chi connectivity index (χ4n) is 6.03. The molecule has 2 aromatic carbocycles. The topological polar surface area (TPSA) is 83.2 Å². The molecular formula is C27H27ClFN7. The van der Waals surface area contributed by atoms with Crippen molar-refractivity contribution < 1.29 is 4.39 Å². The Kier molecular flexibility index (Phi) is 4.90. The molecule has 36 heavy (non-hydrogen) atoms. The van der Waals surface area contributed by atoms with Gasteiger partial charge in [-0.25, -0.2) is 9.37 Å². The molecule has 0 radical (unpaired) electrons. The molecule has 2 bridgehead atoms. The van der Waals surface area contributed by atoms with Crippen LogP contribution in [0.4, 0.5) is 16.2 Å². The van der Waals surface area contributed by atoms with Crippen LogP contribution in [-0.4, -0.2) is 58.8 Å². The zero-order valence-corrected chi connectivity index (χ0v) is 20.8. The standard InChI is InChI=1S/C27H27ClFN7/c1-27(30)13-36(14-27)26-33-24-19(25(34-26)35-11-16-8-9-17(12-35)32-16)10-31-23(22(24)29)18-6-2-4-15-5-3-7-20(28)21(15)18/h2-7,10,16-17,32H,8-9,11-14,30H2,1H3. The van der Waals surface area contributed by atoms with Gasteiger partial charge in [0.2, 0.25) is 5.95 Å². The SMILES string of the molecule is CC1(N)CN(c2nc(N3CC4CCC(C3)N4)c3cnc(-c4cccc5cccc(Cl)c45)c(F)c3n2)C1. The van der Waals surface area contributed by atoms with Gasteiger partial charge < -0.3 is 20.9 Å². The largest absolute Gasteiger partial charge is 0.353 e. The maximum atomic E-state index is 16.4. The molecule has 7 nitrogen and oxygen atoms in total. The van der Waals surface area contributed by atoms with Crippen molar-refractivity contribution in [3.63, 3.8) is 0 Å². The molecule has 3 fully saturated rings. The normalized spacial score (nSPS) is 22.9. The van der Waals surface area contributed by atoms with Gasteiger partial charge in [0.15, 0.2) is 5.82 Å². The second kappa shape index (κ2) is 7.96. The van der Waals surface area contributed by atoms with E-state index < -0.39 is 5.82 Å². The summed E-state index contributed by atoms with van der Waals surface area (Å²) in [5, 5.41) is 6.56. The summed E-state index contributed by atoms with van der Waals surface area (Å²) < 4.78 is 16.4. The Morgan fingerprint density at radius 2 is 1.78 bits per heavy atom. The molecule has 2 aromatic heterocycles. The van der Waals surface area contributed by atoms with Gasteiger partial charge in [-0.05, 0) is 31.2 Å². The summed E-state index contributed by atoms with van der Waals surface area (Å²) in [6.45, 7) is 4.93. The minimum Gasteiger partial charge on any atom is -0.353 e. The Bertz CT molecular complexity index is 1500. The Morgan fingerprint density at radius 3 is 2.50 bits per heavy atom. The van der Waals surface area contributed by atoms with Gasteiger partial charge in [-0.2, -0.15) is 4.98 Å². The van der Waals surface area contributed by atoms with E-state index in [0.29, 0.717) is 47.1 Å². The molecular weight excluding hydrogens is 477 g/mol. The highest BCUT2D eigenvalue weighted by Gasteiger charge is 2.38. The number of hydrogen-bond donors (Lipinski definition) is 2. The smallest absolute Gasteiger partial charge is 0.228 e. The number of anilines is 2. The first kappa shape index (κ1) is 22.2. The fraction of sp³-hybridized carbons (Fsp3) is 0.370. The number of rotatable bonds is 3. The summed E-state index contributed by atoms with van der Waals surface area (Å²) >= 11 is 6.56. The van der Waals surface area contributed by atoms with Crippen molar-refractivity contribution in [3.05, 3.63) is 53.4 Å². The van der Waals surface area contributed by atoms with Crippen molar-refractivity contribution in [2.45, 2.75) is 37.4 Å². The van der Waals surface area contributed by atoms with Crippen LogP contribution in [0, 0.1) is 5.82 Å². The Labute approximate surface area is 213 Å². The van der Waals surface area contributed by atoms with Crippen LogP contribution >= 0.6 is 11.6 Å². The molecule has 2 atom stereocenters. The Morgan fingerprint density at radius 1 is 1.06 bits per heavy atom. The molecule has 0 saturated carbocycles. The van der Waals surface area contributed by atoms with Gasteiger partial charge in [-0.1, -0.05) is 41.9 Å². The predicted molar refractivity (Wildman–Crippen MR) is 142 cm³/mol. The van der Waals surface area contributed by atoms with Crippen molar-refractivity contribution in [2.24, 2.45) is 5.73 Å². The Hall–Kier alpha value is -3.07. The summed E-state index contributed by atoms with van der Waals surface area (Å²) in [6, 6.07) is 12.2. The first-order valence-electron chi connectivity index (χ1n) is 12.4. The molecule has 3 saturated heterocycles. The third-order valence-electron chi connectivity index (χ3n) is 7.66. The van der Waals surface area contributed by atoms with Crippen molar-refractivity contribution in [2.75, 3.05) is 36.0 Å². The van der Waals surface area contributed by atoms with E-state index in [0.717, 1.165) is 42.5 Å². The van der Waals surface area contributed by atoms with E-state index in [1.165, 1.54) is 0 Å². The zero-order chi connectivity index (χ0) is 24.6. The highest BCUT2D eigenvalue weighted by molar-refractivity contribution is 6.36. The van der Waals surface area contributed by atoms with Crippen LogP contribution in [0.2, 0.25) is 5.02 Å². The average molecular weight is 504 g/mol. The summed E-state index contributed by atoms with van der Waals surface area (Å²) in [5.74, 6) is 0.796. The number of nitrogens with two attached hydrogens (primary N) is 1. The van der Waals surface area contributed by atoms with Crippen LogP contribution in [0.5, 0.6) is 0 Å². The predicted octanol–water partition coefficient (Wildman–Crippen LogP) is 4.12. The fourth-order valence-corrected chi connectivity index (χ4v) is 6.31. The molecule has 7 rings (SSSR count). The maximum absolute atomic E-state index is 16.4. The van der Waals surface area contributed by atoms with Gasteiger partial charge >= 0.3 is 0 Å². The number of nitrogens with one attached hydrogen (secondary N) is 1. The van der Waals surface area contributed by atoms with E-state index in [1.807, 2.05) is 48.2 Å². The minimum atomic E-state index is -0.459. The van der Waals surface area contributed by atoms with Crippen LogP contribution in [-0.2, 0) is 0 Å². The minimum absolute atomic E-state index is 0.240. The second-order valence-electron chi connectivity index (χ2n) is 10.7. The molecule has 4 aromatic rings.